The zero-order chi connectivity index (χ0) is 13.0. The van der Waals surface area contributed by atoms with E-state index in [1.165, 1.54) is 33.0 Å². The Morgan fingerprint density at radius 3 is 2.79 bits per heavy atom. The normalized spacial score (nSPS) is 32.4. The van der Waals surface area contributed by atoms with Crippen LogP contribution in [-0.2, 0) is 9.53 Å². The number of ether oxygens (including phenoxy) is 1. The van der Waals surface area contributed by atoms with Gasteiger partial charge in [0, 0.05) is 13.1 Å². The smallest absolute Gasteiger partial charge is 0.309 e. The molecule has 0 amide bonds. The van der Waals surface area contributed by atoms with E-state index in [0.29, 0.717) is 5.92 Å². The number of methoxy groups -OCH3 is 1. The van der Waals surface area contributed by atoms with Crippen LogP contribution in [0.4, 0.5) is 0 Å². The Balaban J connectivity index is 0.00000180. The van der Waals surface area contributed by atoms with Crippen LogP contribution in [0.5, 0.6) is 0 Å². The molecule has 4 nitrogen and oxygen atoms in total. The van der Waals surface area contributed by atoms with E-state index in [0.717, 1.165) is 32.0 Å². The van der Waals surface area contributed by atoms with E-state index in [1.54, 1.807) is 0 Å². The number of esters is 1. The molecule has 0 aromatic rings. The average Bonchev–Trinajstić information content (AvgIpc) is 2.39. The molecule has 0 bridgehead atoms. The molecule has 0 saturated carbocycles. The van der Waals surface area contributed by atoms with E-state index in [1.807, 2.05) is 0 Å². The standard InChI is InChI=1S/C14H26N2O2.ClH/c1-11-9-16(7-5-13(11)14(17)18-2)10-12-4-3-6-15-8-12;/h11-13,15H,3-10H2,1-2H3;1H. The van der Waals surface area contributed by atoms with Crippen molar-refractivity contribution in [3.63, 3.8) is 0 Å². The molecule has 3 unspecified atom stereocenters. The lowest BCUT2D eigenvalue weighted by atomic mass is 9.86. The van der Waals surface area contributed by atoms with Crippen LogP contribution in [0.15, 0.2) is 0 Å². The summed E-state index contributed by atoms with van der Waals surface area (Å²) in [5.74, 6) is 1.29. The van der Waals surface area contributed by atoms with Crippen LogP contribution in [0, 0.1) is 17.8 Å². The Morgan fingerprint density at radius 2 is 2.21 bits per heavy atom. The first-order chi connectivity index (χ1) is 8.70. The summed E-state index contributed by atoms with van der Waals surface area (Å²) < 4.78 is 4.88. The van der Waals surface area contributed by atoms with Crippen molar-refractivity contribution in [1.82, 2.24) is 10.2 Å². The highest BCUT2D eigenvalue weighted by molar-refractivity contribution is 5.85. The van der Waals surface area contributed by atoms with Gasteiger partial charge in [0.15, 0.2) is 0 Å². The molecule has 0 spiro atoms. The van der Waals surface area contributed by atoms with Crippen molar-refractivity contribution in [3.05, 3.63) is 0 Å². The molecule has 5 heteroatoms. The Labute approximate surface area is 122 Å². The molecular weight excluding hydrogens is 264 g/mol. The van der Waals surface area contributed by atoms with Crippen LogP contribution >= 0.6 is 12.4 Å². The molecular formula is C14H27ClN2O2. The highest BCUT2D eigenvalue weighted by atomic mass is 35.5. The van der Waals surface area contributed by atoms with E-state index < -0.39 is 0 Å². The molecule has 2 aliphatic rings. The first-order valence-corrected chi connectivity index (χ1v) is 7.21. The Morgan fingerprint density at radius 1 is 1.42 bits per heavy atom. The van der Waals surface area contributed by atoms with E-state index >= 15 is 0 Å². The number of piperidine rings is 2. The Bertz CT molecular complexity index is 283. The zero-order valence-corrected chi connectivity index (χ0v) is 12.9. The summed E-state index contributed by atoms with van der Waals surface area (Å²) in [6.45, 7) is 7.78. The van der Waals surface area contributed by atoms with Crippen LogP contribution in [0.2, 0.25) is 0 Å². The molecule has 0 radical (unpaired) electrons. The van der Waals surface area contributed by atoms with Gasteiger partial charge in [0.05, 0.1) is 13.0 Å². The van der Waals surface area contributed by atoms with Gasteiger partial charge in [-0.3, -0.25) is 4.79 Å². The van der Waals surface area contributed by atoms with E-state index in [4.69, 9.17) is 4.74 Å². The van der Waals surface area contributed by atoms with Crippen molar-refractivity contribution < 1.29 is 9.53 Å². The van der Waals surface area contributed by atoms with Crippen molar-refractivity contribution in [1.29, 1.82) is 0 Å². The maximum atomic E-state index is 11.6. The SMILES string of the molecule is COC(=O)C1CCN(CC2CCCNC2)CC1C.Cl. The van der Waals surface area contributed by atoms with E-state index in [2.05, 4.69) is 17.1 Å². The minimum Gasteiger partial charge on any atom is -0.469 e. The number of nitrogens with one attached hydrogen (secondary N) is 1. The number of carbonyl (C=O) groups excluding carboxylic acids is 1. The summed E-state index contributed by atoms with van der Waals surface area (Å²) in [6.07, 6.45) is 3.60. The fourth-order valence-corrected chi connectivity index (χ4v) is 3.34. The average molecular weight is 291 g/mol. The number of carbonyl (C=O) groups is 1. The summed E-state index contributed by atoms with van der Waals surface area (Å²) in [5.41, 5.74) is 0. The lowest BCUT2D eigenvalue weighted by Crippen LogP contribution is -2.46. The topological polar surface area (TPSA) is 41.6 Å². The molecule has 0 aromatic carbocycles. The van der Waals surface area contributed by atoms with Crippen LogP contribution in [0.3, 0.4) is 0 Å². The third-order valence-electron chi connectivity index (χ3n) is 4.41. The molecule has 2 aliphatic heterocycles. The fourth-order valence-electron chi connectivity index (χ4n) is 3.34. The van der Waals surface area contributed by atoms with E-state index in [-0.39, 0.29) is 24.3 Å². The van der Waals surface area contributed by atoms with Gasteiger partial charge >= 0.3 is 5.97 Å². The Hall–Kier alpha value is -0.320. The van der Waals surface area contributed by atoms with Gasteiger partial charge in [-0.05, 0) is 50.7 Å². The lowest BCUT2D eigenvalue weighted by molar-refractivity contribution is -0.149. The third kappa shape index (κ3) is 4.62. The largest absolute Gasteiger partial charge is 0.469 e. The van der Waals surface area contributed by atoms with Crippen molar-refractivity contribution >= 4 is 18.4 Å². The predicted octanol–water partition coefficient (Wildman–Crippen LogP) is 1.54. The minimum atomic E-state index is -0.0264. The summed E-state index contributed by atoms with van der Waals surface area (Å²) in [7, 11) is 1.50. The second-order valence-electron chi connectivity index (χ2n) is 5.87. The van der Waals surface area contributed by atoms with Crippen LogP contribution in [-0.4, -0.2) is 50.7 Å². The number of hydrogen-bond acceptors (Lipinski definition) is 4. The summed E-state index contributed by atoms with van der Waals surface area (Å²) in [4.78, 5) is 14.2. The summed E-state index contributed by atoms with van der Waals surface area (Å²) >= 11 is 0. The van der Waals surface area contributed by atoms with Gasteiger partial charge in [0.2, 0.25) is 0 Å². The monoisotopic (exact) mass is 290 g/mol. The van der Waals surface area contributed by atoms with Crippen LogP contribution < -0.4 is 5.32 Å². The molecule has 112 valence electrons. The highest BCUT2D eigenvalue weighted by Crippen LogP contribution is 2.25. The first-order valence-electron chi connectivity index (χ1n) is 7.21. The molecule has 2 saturated heterocycles. The van der Waals surface area contributed by atoms with Crippen molar-refractivity contribution in [2.24, 2.45) is 17.8 Å². The van der Waals surface area contributed by atoms with E-state index in [9.17, 15) is 4.79 Å². The molecule has 19 heavy (non-hydrogen) atoms. The maximum absolute atomic E-state index is 11.6. The van der Waals surface area contributed by atoms with Crippen molar-refractivity contribution in [2.45, 2.75) is 26.2 Å². The van der Waals surface area contributed by atoms with Gasteiger partial charge in [0.1, 0.15) is 0 Å². The molecule has 2 fully saturated rings. The third-order valence-corrected chi connectivity index (χ3v) is 4.41. The Kier molecular flexibility index (Phi) is 7.11. The summed E-state index contributed by atoms with van der Waals surface area (Å²) in [6, 6.07) is 0. The summed E-state index contributed by atoms with van der Waals surface area (Å²) in [5, 5.41) is 3.47. The predicted molar refractivity (Wildman–Crippen MR) is 78.6 cm³/mol. The zero-order valence-electron chi connectivity index (χ0n) is 12.1. The molecule has 2 rings (SSSR count). The maximum Gasteiger partial charge on any atom is 0.309 e. The minimum absolute atomic E-state index is 0. The number of halogens is 1. The van der Waals surface area contributed by atoms with Gasteiger partial charge in [-0.25, -0.2) is 0 Å². The quantitative estimate of drug-likeness (QED) is 0.801. The van der Waals surface area contributed by atoms with Crippen molar-refractivity contribution in [2.75, 3.05) is 39.8 Å². The second kappa shape index (κ2) is 8.08. The molecule has 3 atom stereocenters. The second-order valence-corrected chi connectivity index (χ2v) is 5.87. The number of rotatable bonds is 3. The molecule has 1 N–H and O–H groups in total. The number of nitrogens with zero attached hydrogens (tertiary/aromatic N) is 1. The number of likely N-dealkylation sites (tertiary alicyclic amines) is 1. The van der Waals surface area contributed by atoms with Gasteiger partial charge in [-0.15, -0.1) is 12.4 Å². The lowest BCUT2D eigenvalue weighted by Gasteiger charge is -2.38. The first kappa shape index (κ1) is 16.7. The van der Waals surface area contributed by atoms with Gasteiger partial charge < -0.3 is 15.0 Å². The van der Waals surface area contributed by atoms with Gasteiger partial charge in [-0.1, -0.05) is 6.92 Å². The molecule has 0 aromatic heterocycles. The molecule has 2 heterocycles. The van der Waals surface area contributed by atoms with Crippen molar-refractivity contribution in [3.8, 4) is 0 Å². The van der Waals surface area contributed by atoms with Gasteiger partial charge in [-0.2, -0.15) is 0 Å². The molecule has 0 aliphatic carbocycles. The fraction of sp³-hybridized carbons (Fsp3) is 0.929. The highest BCUT2D eigenvalue weighted by Gasteiger charge is 2.32. The van der Waals surface area contributed by atoms with Gasteiger partial charge in [0.25, 0.3) is 0 Å². The number of hydrogen-bond donors (Lipinski definition) is 1. The van der Waals surface area contributed by atoms with Crippen LogP contribution in [0.25, 0.3) is 0 Å². The van der Waals surface area contributed by atoms with Crippen LogP contribution in [0.1, 0.15) is 26.2 Å².